The number of rotatable bonds is 7. The molecule has 4 nitrogen and oxygen atoms in total. The van der Waals surface area contributed by atoms with E-state index in [1.54, 1.807) is 36.4 Å². The maximum Gasteiger partial charge on any atom is 0.165 e. The normalized spacial score (nSPS) is 11.6. The summed E-state index contributed by atoms with van der Waals surface area (Å²) in [5.74, 6) is -0.0624. The number of halogens is 3. The van der Waals surface area contributed by atoms with Crippen LogP contribution in [0.25, 0.3) is 0 Å². The van der Waals surface area contributed by atoms with E-state index < -0.39 is 11.9 Å². The van der Waals surface area contributed by atoms with Gasteiger partial charge in [-0.05, 0) is 47.5 Å². The number of hydrogen-bond acceptors (Lipinski definition) is 4. The molecular weight excluding hydrogens is 416 g/mol. The first kappa shape index (κ1) is 20.9. The van der Waals surface area contributed by atoms with Gasteiger partial charge >= 0.3 is 0 Å². The van der Waals surface area contributed by atoms with Crippen molar-refractivity contribution in [3.05, 3.63) is 93.2 Å². The van der Waals surface area contributed by atoms with Gasteiger partial charge in [-0.2, -0.15) is 5.26 Å². The minimum atomic E-state index is -0.968. The maximum atomic E-state index is 13.7. The summed E-state index contributed by atoms with van der Waals surface area (Å²) in [6.45, 7) is 0.158. The molecule has 1 N–H and O–H groups in total. The largest absolute Gasteiger partial charge is 0.489 e. The molecule has 0 saturated carbocycles. The Morgan fingerprint density at radius 2 is 1.72 bits per heavy atom. The van der Waals surface area contributed by atoms with Gasteiger partial charge in [-0.15, -0.1) is 0 Å². The zero-order chi connectivity index (χ0) is 20.8. The first-order valence-electron chi connectivity index (χ1n) is 8.63. The van der Waals surface area contributed by atoms with E-state index in [0.29, 0.717) is 28.0 Å². The molecule has 0 saturated heterocycles. The van der Waals surface area contributed by atoms with E-state index in [9.17, 15) is 9.50 Å². The highest BCUT2D eigenvalue weighted by Crippen LogP contribution is 2.25. The van der Waals surface area contributed by atoms with Crippen LogP contribution in [0.1, 0.15) is 22.8 Å². The molecule has 0 heterocycles. The Balaban J connectivity index is 1.56. The summed E-state index contributed by atoms with van der Waals surface area (Å²) in [4.78, 5) is 0. The van der Waals surface area contributed by atoms with Gasteiger partial charge in [0.15, 0.2) is 11.6 Å². The number of nitrogens with zero attached hydrogens (tertiary/aromatic N) is 1. The van der Waals surface area contributed by atoms with Gasteiger partial charge in [0, 0.05) is 6.07 Å². The van der Waals surface area contributed by atoms with Gasteiger partial charge in [0.1, 0.15) is 25.1 Å². The van der Waals surface area contributed by atoms with Crippen molar-refractivity contribution in [1.29, 1.82) is 5.26 Å². The van der Waals surface area contributed by atoms with E-state index in [1.807, 2.05) is 12.1 Å². The molecular formula is C22H16Cl2FNO3. The third-order valence-electron chi connectivity index (χ3n) is 4.11. The number of ether oxygens (including phenoxy) is 2. The number of hydrogen-bond donors (Lipinski definition) is 1. The molecule has 0 aliphatic carbocycles. The van der Waals surface area contributed by atoms with Crippen LogP contribution in [0.4, 0.5) is 4.39 Å². The van der Waals surface area contributed by atoms with Crippen LogP contribution in [-0.2, 0) is 6.61 Å². The quantitative estimate of drug-likeness (QED) is 0.521. The Hall–Kier alpha value is -2.78. The lowest BCUT2D eigenvalue weighted by Gasteiger charge is -2.14. The average molecular weight is 432 g/mol. The fourth-order valence-electron chi connectivity index (χ4n) is 2.53. The molecule has 0 spiro atoms. The van der Waals surface area contributed by atoms with Crippen LogP contribution in [0.3, 0.4) is 0 Å². The molecule has 0 aliphatic rings. The molecule has 7 heteroatoms. The average Bonchev–Trinajstić information content (AvgIpc) is 2.74. The van der Waals surface area contributed by atoms with E-state index in [1.165, 1.54) is 12.1 Å². The van der Waals surface area contributed by atoms with Crippen LogP contribution in [0.5, 0.6) is 11.5 Å². The second-order valence-corrected chi connectivity index (χ2v) is 7.00. The first-order valence-corrected chi connectivity index (χ1v) is 9.39. The Bertz CT molecular complexity index is 1040. The van der Waals surface area contributed by atoms with Crippen LogP contribution >= 0.6 is 23.2 Å². The Kier molecular flexibility index (Phi) is 6.95. The topological polar surface area (TPSA) is 62.5 Å². The van der Waals surface area contributed by atoms with Crippen LogP contribution in [0.2, 0.25) is 10.0 Å². The predicted octanol–water partition coefficient (Wildman–Crippen LogP) is 5.70. The number of nitriles is 1. The van der Waals surface area contributed by atoms with Gasteiger partial charge in [-0.25, -0.2) is 4.39 Å². The molecule has 3 rings (SSSR count). The van der Waals surface area contributed by atoms with Crippen molar-refractivity contribution < 1.29 is 19.0 Å². The summed E-state index contributed by atoms with van der Waals surface area (Å²) in [6, 6.07) is 17.8. The molecule has 29 heavy (non-hydrogen) atoms. The SMILES string of the molecule is N#Cc1ccc(F)c(OC[C@@H](O)c2ccc(OCc3ccc(Cl)c(Cl)c3)cc2)c1. The highest BCUT2D eigenvalue weighted by Gasteiger charge is 2.12. The van der Waals surface area contributed by atoms with Gasteiger partial charge in [0.25, 0.3) is 0 Å². The van der Waals surface area contributed by atoms with Crippen molar-refractivity contribution >= 4 is 23.2 Å². The lowest BCUT2D eigenvalue weighted by molar-refractivity contribution is 0.106. The highest BCUT2D eigenvalue weighted by molar-refractivity contribution is 6.42. The Labute approximate surface area is 177 Å². The monoisotopic (exact) mass is 431 g/mol. The van der Waals surface area contributed by atoms with Gasteiger partial charge in [-0.1, -0.05) is 41.4 Å². The third-order valence-corrected chi connectivity index (χ3v) is 4.85. The molecule has 148 valence electrons. The first-order chi connectivity index (χ1) is 14.0. The summed E-state index contributed by atoms with van der Waals surface area (Å²) < 4.78 is 24.8. The molecule has 0 fully saturated rings. The van der Waals surface area contributed by atoms with Crippen molar-refractivity contribution in [1.82, 2.24) is 0 Å². The molecule has 0 aliphatic heterocycles. The minimum absolute atomic E-state index is 0.0790. The van der Waals surface area contributed by atoms with E-state index in [4.69, 9.17) is 37.9 Å². The Morgan fingerprint density at radius 1 is 0.966 bits per heavy atom. The van der Waals surface area contributed by atoms with Crippen LogP contribution in [0, 0.1) is 17.1 Å². The summed E-state index contributed by atoms with van der Waals surface area (Å²) in [6.07, 6.45) is -0.968. The molecule has 1 atom stereocenters. The van der Waals surface area contributed by atoms with E-state index in [2.05, 4.69) is 0 Å². The summed E-state index contributed by atoms with van der Waals surface area (Å²) in [5.41, 5.74) is 1.74. The van der Waals surface area contributed by atoms with Crippen molar-refractivity contribution in [3.8, 4) is 17.6 Å². The van der Waals surface area contributed by atoms with Crippen molar-refractivity contribution in [2.24, 2.45) is 0 Å². The number of benzene rings is 3. The molecule has 0 radical (unpaired) electrons. The Morgan fingerprint density at radius 3 is 2.41 bits per heavy atom. The summed E-state index contributed by atoms with van der Waals surface area (Å²) in [7, 11) is 0. The second-order valence-electron chi connectivity index (χ2n) is 6.19. The second kappa shape index (κ2) is 9.62. The van der Waals surface area contributed by atoms with Crippen molar-refractivity contribution in [2.75, 3.05) is 6.61 Å². The molecule has 3 aromatic rings. The number of aliphatic hydroxyl groups is 1. The van der Waals surface area contributed by atoms with Gasteiger partial charge in [-0.3, -0.25) is 0 Å². The van der Waals surface area contributed by atoms with Gasteiger partial charge in [0.05, 0.1) is 21.7 Å². The predicted molar refractivity (Wildman–Crippen MR) is 109 cm³/mol. The fourth-order valence-corrected chi connectivity index (χ4v) is 2.85. The molecule has 0 unspecified atom stereocenters. The molecule has 3 aromatic carbocycles. The van der Waals surface area contributed by atoms with Crippen LogP contribution < -0.4 is 9.47 Å². The van der Waals surface area contributed by atoms with Gasteiger partial charge in [0.2, 0.25) is 0 Å². The van der Waals surface area contributed by atoms with Crippen LogP contribution in [0.15, 0.2) is 60.7 Å². The highest BCUT2D eigenvalue weighted by atomic mass is 35.5. The maximum absolute atomic E-state index is 13.7. The standard InChI is InChI=1S/C22H16Cl2FNO3/c23-18-7-1-15(9-19(18)24)12-28-17-5-3-16(4-6-17)21(27)13-29-22-10-14(11-26)2-8-20(22)25/h1-10,21,27H,12-13H2/t21-/m1/s1. The summed E-state index contributed by atoms with van der Waals surface area (Å²) in [5, 5.41) is 20.1. The third kappa shape index (κ3) is 5.61. The van der Waals surface area contributed by atoms with Crippen LogP contribution in [-0.4, -0.2) is 11.7 Å². The van der Waals surface area contributed by atoms with Crippen molar-refractivity contribution in [3.63, 3.8) is 0 Å². The zero-order valence-electron chi connectivity index (χ0n) is 15.1. The smallest absolute Gasteiger partial charge is 0.165 e. The summed E-state index contributed by atoms with van der Waals surface area (Å²) >= 11 is 11.9. The minimum Gasteiger partial charge on any atom is -0.489 e. The fraction of sp³-hybridized carbons (Fsp3) is 0.136. The van der Waals surface area contributed by atoms with E-state index in [-0.39, 0.29) is 17.9 Å². The number of aliphatic hydroxyl groups excluding tert-OH is 1. The molecule has 0 amide bonds. The van der Waals surface area contributed by atoms with Crippen molar-refractivity contribution in [2.45, 2.75) is 12.7 Å². The zero-order valence-corrected chi connectivity index (χ0v) is 16.6. The lowest BCUT2D eigenvalue weighted by Crippen LogP contribution is -2.10. The van der Waals surface area contributed by atoms with Gasteiger partial charge < -0.3 is 14.6 Å². The van der Waals surface area contributed by atoms with E-state index in [0.717, 1.165) is 11.6 Å². The van der Waals surface area contributed by atoms with E-state index >= 15 is 0 Å². The lowest BCUT2D eigenvalue weighted by atomic mass is 10.1. The molecule has 0 aromatic heterocycles. The molecule has 0 bridgehead atoms.